The van der Waals surface area contributed by atoms with Gasteiger partial charge >= 0.3 is 0 Å². The summed E-state index contributed by atoms with van der Waals surface area (Å²) < 4.78 is 7.21. The Kier molecular flexibility index (Phi) is 5.26. The predicted molar refractivity (Wildman–Crippen MR) is 132 cm³/mol. The second kappa shape index (κ2) is 8.39. The van der Waals surface area contributed by atoms with E-state index in [4.69, 9.17) is 9.84 Å². The fourth-order valence-corrected chi connectivity index (χ4v) is 3.97. The van der Waals surface area contributed by atoms with Crippen LogP contribution in [0, 0.1) is 13.8 Å². The molecule has 0 saturated heterocycles. The highest BCUT2D eigenvalue weighted by Crippen LogP contribution is 2.33. The Hall–Kier alpha value is -4.19. The van der Waals surface area contributed by atoms with Crippen LogP contribution in [-0.4, -0.2) is 27.8 Å². The lowest BCUT2D eigenvalue weighted by Crippen LogP contribution is -2.19. The molecule has 0 aliphatic rings. The molecule has 0 aliphatic carbocycles. The van der Waals surface area contributed by atoms with Gasteiger partial charge in [-0.1, -0.05) is 47.5 Å². The average Bonchev–Trinajstić information content (AvgIpc) is 3.19. The van der Waals surface area contributed by atoms with E-state index in [2.05, 4.69) is 29.4 Å². The zero-order valence-electron chi connectivity index (χ0n) is 18.8. The highest BCUT2D eigenvalue weighted by atomic mass is 16.5. The molecule has 2 aromatic heterocycles. The number of carbonyl (C=O) groups is 1. The van der Waals surface area contributed by atoms with E-state index in [9.17, 15) is 4.79 Å². The molecule has 5 aromatic rings. The monoisotopic (exact) mass is 436 g/mol. The maximum absolute atomic E-state index is 12.9. The number of nitrogens with zero attached hydrogens (tertiary/aromatic N) is 3. The molecule has 3 aromatic carbocycles. The Morgan fingerprint density at radius 2 is 1.64 bits per heavy atom. The summed E-state index contributed by atoms with van der Waals surface area (Å²) in [6.45, 7) is 4.14. The molecule has 33 heavy (non-hydrogen) atoms. The molecule has 0 bridgehead atoms. The third kappa shape index (κ3) is 4.03. The van der Waals surface area contributed by atoms with Crippen molar-refractivity contribution in [2.75, 3.05) is 12.4 Å². The minimum absolute atomic E-state index is 0.0760. The Balaban J connectivity index is 1.63. The molecule has 0 atom stereocenters. The molecule has 0 aliphatic heterocycles. The average molecular weight is 437 g/mol. The van der Waals surface area contributed by atoms with Gasteiger partial charge in [-0.05, 0) is 44.2 Å². The topological polar surface area (TPSA) is 69.0 Å². The van der Waals surface area contributed by atoms with Crippen molar-refractivity contribution in [3.05, 3.63) is 84.1 Å². The van der Waals surface area contributed by atoms with Crippen molar-refractivity contribution in [3.8, 4) is 17.0 Å². The van der Waals surface area contributed by atoms with Gasteiger partial charge in [-0.25, -0.2) is 0 Å². The number of benzene rings is 3. The normalized spacial score (nSPS) is 11.1. The molecule has 0 fully saturated rings. The largest absolute Gasteiger partial charge is 0.497 e. The SMILES string of the molecule is COc1ccc2ncc3c(-c4ccc(C)cc4)nn(CC(=O)Nc4ccc(C)cc4)c3c2c1. The summed E-state index contributed by atoms with van der Waals surface area (Å²) in [5.74, 6) is 0.581. The Morgan fingerprint density at radius 3 is 2.33 bits per heavy atom. The van der Waals surface area contributed by atoms with Crippen LogP contribution in [-0.2, 0) is 11.3 Å². The third-order valence-electron chi connectivity index (χ3n) is 5.73. The van der Waals surface area contributed by atoms with Crippen LogP contribution in [0.3, 0.4) is 0 Å². The highest BCUT2D eigenvalue weighted by molar-refractivity contribution is 6.09. The molecular weight excluding hydrogens is 412 g/mol. The van der Waals surface area contributed by atoms with Gasteiger partial charge < -0.3 is 10.1 Å². The number of amides is 1. The third-order valence-corrected chi connectivity index (χ3v) is 5.73. The highest BCUT2D eigenvalue weighted by Gasteiger charge is 2.18. The number of carbonyl (C=O) groups excluding carboxylic acids is 1. The molecule has 0 spiro atoms. The van der Waals surface area contributed by atoms with Crippen LogP contribution in [0.15, 0.2) is 72.9 Å². The summed E-state index contributed by atoms with van der Waals surface area (Å²) in [4.78, 5) is 17.6. The first-order valence-corrected chi connectivity index (χ1v) is 10.8. The van der Waals surface area contributed by atoms with Gasteiger partial charge in [0, 0.05) is 28.2 Å². The van der Waals surface area contributed by atoms with Gasteiger partial charge in [0.2, 0.25) is 5.91 Å². The Morgan fingerprint density at radius 1 is 0.939 bits per heavy atom. The van der Waals surface area contributed by atoms with Gasteiger partial charge in [0.15, 0.2) is 0 Å². The minimum Gasteiger partial charge on any atom is -0.497 e. The summed E-state index contributed by atoms with van der Waals surface area (Å²) in [5.41, 5.74) is 6.52. The van der Waals surface area contributed by atoms with Gasteiger partial charge in [-0.2, -0.15) is 5.10 Å². The summed E-state index contributed by atoms with van der Waals surface area (Å²) in [6, 6.07) is 21.7. The lowest BCUT2D eigenvalue weighted by molar-refractivity contribution is -0.116. The van der Waals surface area contributed by atoms with Crippen LogP contribution in [0.25, 0.3) is 33.1 Å². The number of methoxy groups -OCH3 is 1. The number of fused-ring (bicyclic) bond motifs is 3. The zero-order valence-corrected chi connectivity index (χ0v) is 18.8. The van der Waals surface area contributed by atoms with Crippen LogP contribution in [0.5, 0.6) is 5.75 Å². The molecule has 1 N–H and O–H groups in total. The number of pyridine rings is 1. The summed E-state index contributed by atoms with van der Waals surface area (Å²) >= 11 is 0. The zero-order chi connectivity index (χ0) is 22.9. The molecule has 0 radical (unpaired) electrons. The molecule has 6 heteroatoms. The van der Waals surface area contributed by atoms with E-state index in [0.29, 0.717) is 0 Å². The smallest absolute Gasteiger partial charge is 0.246 e. The molecule has 2 heterocycles. The molecule has 164 valence electrons. The standard InChI is InChI=1S/C27H24N4O2/c1-17-4-8-19(9-5-17)26-23-15-28-24-13-12-21(33-3)14-22(24)27(23)31(30-26)16-25(32)29-20-10-6-18(2)7-11-20/h4-15H,16H2,1-3H3,(H,29,32). The van der Waals surface area contributed by atoms with Gasteiger partial charge in [-0.3, -0.25) is 14.5 Å². The number of anilines is 1. The number of ether oxygens (including phenoxy) is 1. The van der Waals surface area contributed by atoms with Crippen molar-refractivity contribution in [1.82, 2.24) is 14.8 Å². The van der Waals surface area contributed by atoms with Crippen molar-refractivity contribution in [1.29, 1.82) is 0 Å². The first kappa shape index (κ1) is 20.7. The van der Waals surface area contributed by atoms with Gasteiger partial charge in [-0.15, -0.1) is 0 Å². The number of rotatable bonds is 5. The maximum Gasteiger partial charge on any atom is 0.246 e. The van der Waals surface area contributed by atoms with E-state index in [0.717, 1.165) is 50.1 Å². The van der Waals surface area contributed by atoms with Crippen molar-refractivity contribution in [3.63, 3.8) is 0 Å². The lowest BCUT2D eigenvalue weighted by Gasteiger charge is -2.08. The van der Waals surface area contributed by atoms with Crippen molar-refractivity contribution < 1.29 is 9.53 Å². The summed E-state index contributed by atoms with van der Waals surface area (Å²) in [6.07, 6.45) is 1.83. The van der Waals surface area contributed by atoms with Gasteiger partial charge in [0.25, 0.3) is 0 Å². The van der Waals surface area contributed by atoms with E-state index < -0.39 is 0 Å². The second-order valence-electron chi connectivity index (χ2n) is 8.19. The fourth-order valence-electron chi connectivity index (χ4n) is 3.97. The predicted octanol–water partition coefficient (Wildman–Crippen LogP) is 5.52. The van der Waals surface area contributed by atoms with Crippen LogP contribution in [0.4, 0.5) is 5.69 Å². The van der Waals surface area contributed by atoms with Crippen LogP contribution >= 0.6 is 0 Å². The van der Waals surface area contributed by atoms with Crippen LogP contribution in [0.2, 0.25) is 0 Å². The van der Waals surface area contributed by atoms with Crippen LogP contribution in [0.1, 0.15) is 11.1 Å². The summed E-state index contributed by atoms with van der Waals surface area (Å²) in [7, 11) is 1.64. The van der Waals surface area contributed by atoms with E-state index in [-0.39, 0.29) is 12.5 Å². The minimum atomic E-state index is -0.147. The number of hydrogen-bond donors (Lipinski definition) is 1. The van der Waals surface area contributed by atoms with Crippen LogP contribution < -0.4 is 10.1 Å². The first-order valence-electron chi connectivity index (χ1n) is 10.8. The van der Waals surface area contributed by atoms with E-state index in [1.165, 1.54) is 5.56 Å². The van der Waals surface area contributed by atoms with Gasteiger partial charge in [0.05, 0.1) is 18.1 Å². The number of aromatic nitrogens is 3. The Labute approximate surface area is 191 Å². The fraction of sp³-hybridized carbons (Fsp3) is 0.148. The molecule has 0 unspecified atom stereocenters. The van der Waals surface area contributed by atoms with Gasteiger partial charge in [0.1, 0.15) is 18.0 Å². The van der Waals surface area contributed by atoms with E-state index in [1.807, 2.05) is 67.7 Å². The molecule has 1 amide bonds. The lowest BCUT2D eigenvalue weighted by atomic mass is 10.1. The van der Waals surface area contributed by atoms with Crippen molar-refractivity contribution >= 4 is 33.4 Å². The molecule has 6 nitrogen and oxygen atoms in total. The quantitative estimate of drug-likeness (QED) is 0.394. The molecular formula is C27H24N4O2. The first-order chi connectivity index (χ1) is 16.0. The van der Waals surface area contributed by atoms with Crippen molar-refractivity contribution in [2.45, 2.75) is 20.4 Å². The molecule has 0 saturated carbocycles. The maximum atomic E-state index is 12.9. The van der Waals surface area contributed by atoms with E-state index in [1.54, 1.807) is 11.8 Å². The summed E-state index contributed by atoms with van der Waals surface area (Å²) in [5, 5.41) is 9.62. The number of hydrogen-bond acceptors (Lipinski definition) is 4. The Bertz CT molecular complexity index is 1470. The molecule has 5 rings (SSSR count). The number of aryl methyl sites for hydroxylation is 2. The van der Waals surface area contributed by atoms with Crippen molar-refractivity contribution in [2.24, 2.45) is 0 Å². The second-order valence-corrected chi connectivity index (χ2v) is 8.19. The van der Waals surface area contributed by atoms with E-state index >= 15 is 0 Å². The number of nitrogens with one attached hydrogen (secondary N) is 1.